The third-order valence-corrected chi connectivity index (χ3v) is 5.06. The monoisotopic (exact) mass is 382 g/mol. The van der Waals surface area contributed by atoms with Crippen LogP contribution in [0.1, 0.15) is 41.4 Å². The normalized spacial score (nSPS) is 10.9. The number of rotatable bonds is 5. The maximum atomic E-state index is 10.9. The molecular weight excluding hydrogens is 360 g/mol. The Balaban J connectivity index is 1.71. The zero-order valence-corrected chi connectivity index (χ0v) is 16.6. The zero-order valence-electron chi connectivity index (χ0n) is 16.6. The van der Waals surface area contributed by atoms with Crippen LogP contribution in [-0.2, 0) is 12.8 Å². The summed E-state index contributed by atoms with van der Waals surface area (Å²) in [6.45, 7) is 4.00. The van der Waals surface area contributed by atoms with Crippen molar-refractivity contribution in [1.29, 1.82) is 5.26 Å². The van der Waals surface area contributed by atoms with Gasteiger partial charge in [-0.25, -0.2) is 4.98 Å². The molecule has 0 spiro atoms. The molecule has 4 rings (SSSR count). The molecule has 0 amide bonds. The van der Waals surface area contributed by atoms with Gasteiger partial charge in [0.05, 0.1) is 23.0 Å². The molecule has 2 aromatic carbocycles. The van der Waals surface area contributed by atoms with Crippen LogP contribution >= 0.6 is 0 Å². The van der Waals surface area contributed by atoms with Crippen LogP contribution < -0.4 is 0 Å². The number of aromatic hydroxyl groups is 1. The van der Waals surface area contributed by atoms with Gasteiger partial charge in [0.2, 0.25) is 5.88 Å². The maximum Gasteiger partial charge on any atom is 0.219 e. The lowest BCUT2D eigenvalue weighted by Gasteiger charge is -2.12. The Labute approximate surface area is 169 Å². The van der Waals surface area contributed by atoms with Crippen LogP contribution in [-0.4, -0.2) is 19.7 Å². The second-order valence-corrected chi connectivity index (χ2v) is 7.20. The Hall–Kier alpha value is -3.65. The average molecular weight is 382 g/mol. The van der Waals surface area contributed by atoms with E-state index in [9.17, 15) is 10.4 Å². The summed E-state index contributed by atoms with van der Waals surface area (Å²) in [7, 11) is 0. The third-order valence-electron chi connectivity index (χ3n) is 5.06. The minimum Gasteiger partial charge on any atom is -0.493 e. The molecule has 0 atom stereocenters. The second-order valence-electron chi connectivity index (χ2n) is 7.20. The number of aryl methyl sites for hydroxylation is 2. The molecule has 0 bridgehead atoms. The molecule has 144 valence electrons. The standard InChI is InChI=1S/C24H22N4O/c1-3-6-22-21(24(29)28-23(26-22)13-16(2)27-28)14-17-9-11-18(12-10-17)20-8-5-4-7-19(20)15-25/h4-5,7-13,29H,3,6,14H2,1-2H3. The number of nitriles is 1. The summed E-state index contributed by atoms with van der Waals surface area (Å²) >= 11 is 0. The van der Waals surface area contributed by atoms with Gasteiger partial charge in [-0.05, 0) is 36.1 Å². The van der Waals surface area contributed by atoms with Crippen molar-refractivity contribution in [3.8, 4) is 23.1 Å². The number of benzene rings is 2. The molecule has 5 heteroatoms. The van der Waals surface area contributed by atoms with Crippen molar-refractivity contribution in [1.82, 2.24) is 14.6 Å². The Morgan fingerprint density at radius 3 is 2.59 bits per heavy atom. The third kappa shape index (κ3) is 3.57. The number of nitrogens with zero attached hydrogens (tertiary/aromatic N) is 4. The van der Waals surface area contributed by atoms with Crippen LogP contribution in [0.5, 0.6) is 5.88 Å². The smallest absolute Gasteiger partial charge is 0.219 e. The van der Waals surface area contributed by atoms with Crippen LogP contribution in [0, 0.1) is 18.3 Å². The lowest BCUT2D eigenvalue weighted by molar-refractivity contribution is 0.426. The molecule has 0 radical (unpaired) electrons. The molecule has 2 heterocycles. The summed E-state index contributed by atoms with van der Waals surface area (Å²) in [4.78, 5) is 4.73. The lowest BCUT2D eigenvalue weighted by atomic mass is 9.97. The summed E-state index contributed by atoms with van der Waals surface area (Å²) in [5.41, 5.74) is 6.88. The van der Waals surface area contributed by atoms with Crippen molar-refractivity contribution >= 4 is 5.65 Å². The largest absolute Gasteiger partial charge is 0.493 e. The van der Waals surface area contributed by atoms with Gasteiger partial charge in [0, 0.05) is 18.1 Å². The SMILES string of the molecule is CCCc1nc2cc(C)nn2c(O)c1Cc1ccc(-c2ccccc2C#N)cc1. The van der Waals surface area contributed by atoms with Crippen LogP contribution in [0.3, 0.4) is 0 Å². The predicted octanol–water partition coefficient (Wildman–Crippen LogP) is 4.83. The highest BCUT2D eigenvalue weighted by atomic mass is 16.3. The first-order chi connectivity index (χ1) is 14.1. The predicted molar refractivity (Wildman–Crippen MR) is 113 cm³/mol. The Bertz CT molecular complexity index is 1220. The van der Waals surface area contributed by atoms with E-state index >= 15 is 0 Å². The molecular formula is C24H22N4O. The Morgan fingerprint density at radius 2 is 1.86 bits per heavy atom. The molecule has 2 aromatic heterocycles. The second kappa shape index (κ2) is 7.76. The molecule has 0 saturated carbocycles. The minimum absolute atomic E-state index is 0.158. The summed E-state index contributed by atoms with van der Waals surface area (Å²) in [6.07, 6.45) is 2.33. The van der Waals surface area contributed by atoms with Gasteiger partial charge in [0.25, 0.3) is 0 Å². The molecule has 5 nitrogen and oxygen atoms in total. The average Bonchev–Trinajstić information content (AvgIpc) is 3.12. The summed E-state index contributed by atoms with van der Waals surface area (Å²) in [6, 6.07) is 19.8. The van der Waals surface area contributed by atoms with Crippen molar-refractivity contribution in [2.75, 3.05) is 0 Å². The van der Waals surface area contributed by atoms with Crippen molar-refractivity contribution in [3.63, 3.8) is 0 Å². The van der Waals surface area contributed by atoms with Gasteiger partial charge in [-0.3, -0.25) is 0 Å². The fourth-order valence-electron chi connectivity index (χ4n) is 3.65. The van der Waals surface area contributed by atoms with Crippen LogP contribution in [0.2, 0.25) is 0 Å². The molecule has 1 N–H and O–H groups in total. The first-order valence-corrected chi connectivity index (χ1v) is 9.76. The Kier molecular flexibility index (Phi) is 5.01. The quantitative estimate of drug-likeness (QED) is 0.537. The molecule has 0 saturated heterocycles. The summed E-state index contributed by atoms with van der Waals surface area (Å²) in [5.74, 6) is 0.158. The summed E-state index contributed by atoms with van der Waals surface area (Å²) < 4.78 is 1.52. The van der Waals surface area contributed by atoms with Crippen molar-refractivity contribution in [2.24, 2.45) is 0 Å². The van der Waals surface area contributed by atoms with Gasteiger partial charge in [-0.2, -0.15) is 14.9 Å². The molecule has 4 aromatic rings. The van der Waals surface area contributed by atoms with E-state index in [1.54, 1.807) is 0 Å². The van der Waals surface area contributed by atoms with E-state index in [0.717, 1.165) is 46.5 Å². The number of aromatic nitrogens is 3. The van der Waals surface area contributed by atoms with Gasteiger partial charge in [0.1, 0.15) is 0 Å². The van der Waals surface area contributed by atoms with Crippen LogP contribution in [0.4, 0.5) is 0 Å². The van der Waals surface area contributed by atoms with Gasteiger partial charge in [-0.1, -0.05) is 55.8 Å². The van der Waals surface area contributed by atoms with E-state index in [1.165, 1.54) is 4.52 Å². The first-order valence-electron chi connectivity index (χ1n) is 9.76. The molecule has 0 aliphatic rings. The van der Waals surface area contributed by atoms with E-state index in [0.29, 0.717) is 17.6 Å². The van der Waals surface area contributed by atoms with Crippen LogP contribution in [0.25, 0.3) is 16.8 Å². The molecule has 0 aliphatic heterocycles. The highest BCUT2D eigenvalue weighted by molar-refractivity contribution is 5.70. The maximum absolute atomic E-state index is 10.9. The molecule has 0 aliphatic carbocycles. The molecule has 0 fully saturated rings. The fraction of sp³-hybridized carbons (Fsp3) is 0.208. The fourth-order valence-corrected chi connectivity index (χ4v) is 3.65. The first kappa shape index (κ1) is 18.7. The van der Waals surface area contributed by atoms with E-state index < -0.39 is 0 Å². The highest BCUT2D eigenvalue weighted by Crippen LogP contribution is 2.28. The number of hydrogen-bond acceptors (Lipinski definition) is 4. The van der Waals surface area contributed by atoms with Gasteiger partial charge in [0.15, 0.2) is 5.65 Å². The number of fused-ring (bicyclic) bond motifs is 1. The number of hydrogen-bond donors (Lipinski definition) is 1. The van der Waals surface area contributed by atoms with E-state index in [1.807, 2.05) is 61.5 Å². The Morgan fingerprint density at radius 1 is 1.10 bits per heavy atom. The van der Waals surface area contributed by atoms with Crippen molar-refractivity contribution < 1.29 is 5.11 Å². The highest BCUT2D eigenvalue weighted by Gasteiger charge is 2.16. The summed E-state index contributed by atoms with van der Waals surface area (Å²) in [5, 5.41) is 24.6. The van der Waals surface area contributed by atoms with E-state index in [-0.39, 0.29) is 5.88 Å². The van der Waals surface area contributed by atoms with Crippen molar-refractivity contribution in [2.45, 2.75) is 33.1 Å². The van der Waals surface area contributed by atoms with Gasteiger partial charge in [-0.15, -0.1) is 0 Å². The molecule has 0 unspecified atom stereocenters. The van der Waals surface area contributed by atoms with E-state index in [2.05, 4.69) is 18.1 Å². The van der Waals surface area contributed by atoms with Gasteiger partial charge >= 0.3 is 0 Å². The van der Waals surface area contributed by atoms with Crippen molar-refractivity contribution in [3.05, 3.63) is 82.7 Å². The van der Waals surface area contributed by atoms with Crippen LogP contribution in [0.15, 0.2) is 54.6 Å². The minimum atomic E-state index is 0.158. The zero-order chi connectivity index (χ0) is 20.4. The van der Waals surface area contributed by atoms with E-state index in [4.69, 9.17) is 4.98 Å². The topological polar surface area (TPSA) is 74.2 Å². The lowest BCUT2D eigenvalue weighted by Crippen LogP contribution is -2.05. The molecule has 29 heavy (non-hydrogen) atoms. The van der Waals surface area contributed by atoms with Gasteiger partial charge < -0.3 is 5.11 Å².